The minimum absolute atomic E-state index is 0. The van der Waals surface area contributed by atoms with E-state index < -0.39 is 11.5 Å². The van der Waals surface area contributed by atoms with Gasteiger partial charge in [-0.2, -0.15) is 0 Å². The van der Waals surface area contributed by atoms with Crippen LogP contribution in [0.25, 0.3) is 6.15 Å². The molecule has 1 atom stereocenters. The fourth-order valence-electron chi connectivity index (χ4n) is 1.11. The van der Waals surface area contributed by atoms with Crippen molar-refractivity contribution in [3.05, 3.63) is 30.5 Å². The van der Waals surface area contributed by atoms with E-state index in [0.717, 1.165) is 0 Å². The van der Waals surface area contributed by atoms with Crippen LogP contribution in [-0.2, 0) is 27.2 Å². The predicted molar refractivity (Wildman–Crippen MR) is 46.2 cm³/mol. The van der Waals surface area contributed by atoms with Gasteiger partial charge in [-0.3, -0.25) is 0 Å². The van der Waals surface area contributed by atoms with Crippen molar-refractivity contribution in [3.63, 3.8) is 0 Å². The van der Waals surface area contributed by atoms with Crippen LogP contribution in [0.15, 0.2) is 39.7 Å². The summed E-state index contributed by atoms with van der Waals surface area (Å²) in [4.78, 5) is 10.8. The Bertz CT molecular complexity index is 361. The molecule has 0 spiro atoms. The normalized spacial score (nSPS) is 25.9. The summed E-state index contributed by atoms with van der Waals surface area (Å²) in [5.41, 5.74) is -0.994. The van der Waals surface area contributed by atoms with E-state index in [1.165, 1.54) is 6.08 Å². The fraction of sp³-hybridized carbons (Fsp3) is 0.143. The molecule has 1 unspecified atom stereocenters. The van der Waals surface area contributed by atoms with Crippen molar-refractivity contribution in [1.29, 1.82) is 0 Å². The zero-order valence-corrected chi connectivity index (χ0v) is 8.37. The predicted octanol–water partition coefficient (Wildman–Crippen LogP) is 1.47. The fourth-order valence-corrected chi connectivity index (χ4v) is 1.11. The van der Waals surface area contributed by atoms with Gasteiger partial charge in [0.05, 0.1) is 0 Å². The Balaban J connectivity index is 0.000000845. The van der Waals surface area contributed by atoms with E-state index >= 15 is 0 Å². The Morgan fingerprint density at radius 2 is 2.14 bits per heavy atom. The molecular formula is C7H7AgN4O2. The summed E-state index contributed by atoms with van der Waals surface area (Å²) in [7, 11) is 0. The van der Waals surface area contributed by atoms with Gasteiger partial charge in [-0.05, 0) is 17.4 Å². The average molecular weight is 287 g/mol. The molecule has 0 saturated heterocycles. The first kappa shape index (κ1) is 12.9. The van der Waals surface area contributed by atoms with Crippen LogP contribution in [0.3, 0.4) is 0 Å². The van der Waals surface area contributed by atoms with Gasteiger partial charge in [0.1, 0.15) is 5.71 Å². The monoisotopic (exact) mass is 286 g/mol. The van der Waals surface area contributed by atoms with Crippen LogP contribution >= 0.6 is 0 Å². The van der Waals surface area contributed by atoms with Crippen LogP contribution in [0.5, 0.6) is 0 Å². The molecule has 7 heteroatoms. The number of carbonyl (C=O) groups is 1. The summed E-state index contributed by atoms with van der Waals surface area (Å²) in [5, 5.41) is 19.4. The number of hydrogen-bond acceptors (Lipinski definition) is 4. The van der Waals surface area contributed by atoms with Crippen molar-refractivity contribution < 1.29 is 32.3 Å². The molecule has 3 N–H and O–H groups in total. The van der Waals surface area contributed by atoms with Crippen molar-refractivity contribution in [2.24, 2.45) is 15.4 Å². The summed E-state index contributed by atoms with van der Waals surface area (Å²) in [5.74, 6) is -1.05. The van der Waals surface area contributed by atoms with E-state index in [1.807, 2.05) is 0 Å². The molecule has 1 aliphatic carbocycles. The standard InChI is InChI=1S/C7H5N3O2.Ag.H2N/c11-6(12)7-4-2-1-3-5(7)8-10-9-7;;/h1-4H,(H,11,12);;1H2/q;+1;-1. The van der Waals surface area contributed by atoms with Crippen LogP contribution < -0.4 is 0 Å². The zero-order valence-electron chi connectivity index (χ0n) is 6.89. The third-order valence-corrected chi connectivity index (χ3v) is 1.77. The molecule has 0 aromatic rings. The van der Waals surface area contributed by atoms with E-state index in [-0.39, 0.29) is 28.5 Å². The number of rotatable bonds is 1. The van der Waals surface area contributed by atoms with Gasteiger partial charge in [0.25, 0.3) is 0 Å². The van der Waals surface area contributed by atoms with Crippen molar-refractivity contribution in [2.45, 2.75) is 5.54 Å². The Morgan fingerprint density at radius 3 is 2.71 bits per heavy atom. The van der Waals surface area contributed by atoms with Crippen LogP contribution in [0.2, 0.25) is 0 Å². The molecule has 0 fully saturated rings. The molecule has 6 nitrogen and oxygen atoms in total. The van der Waals surface area contributed by atoms with Crippen molar-refractivity contribution in [1.82, 2.24) is 0 Å². The zero-order chi connectivity index (χ0) is 8.60. The maximum Gasteiger partial charge on any atom is 1.00 e. The molecule has 0 amide bonds. The van der Waals surface area contributed by atoms with Gasteiger partial charge in [0, 0.05) is 0 Å². The second kappa shape index (κ2) is 4.43. The van der Waals surface area contributed by atoms with Crippen molar-refractivity contribution >= 4 is 11.7 Å². The number of carboxylic acids is 1. The Hall–Kier alpha value is -1.08. The summed E-state index contributed by atoms with van der Waals surface area (Å²) in [6.07, 6.45) is 6.38. The van der Waals surface area contributed by atoms with Crippen LogP contribution in [0, 0.1) is 0 Å². The quantitative estimate of drug-likeness (QED) is 0.737. The molecule has 78 valence electrons. The van der Waals surface area contributed by atoms with Gasteiger partial charge in [-0.15, -0.1) is 10.2 Å². The van der Waals surface area contributed by atoms with E-state index in [1.54, 1.807) is 18.2 Å². The second-order valence-electron chi connectivity index (χ2n) is 2.46. The first-order valence-electron chi connectivity index (χ1n) is 3.35. The molecule has 2 aliphatic rings. The smallest absolute Gasteiger partial charge is 0.693 e. The maximum absolute atomic E-state index is 10.8. The average Bonchev–Trinajstić information content (AvgIpc) is 2.48. The summed E-state index contributed by atoms with van der Waals surface area (Å²) in [6.45, 7) is 0. The molecule has 0 aromatic heterocycles. The third kappa shape index (κ3) is 1.60. The van der Waals surface area contributed by atoms with Crippen molar-refractivity contribution in [3.8, 4) is 0 Å². The van der Waals surface area contributed by atoms with Crippen LogP contribution in [0.4, 0.5) is 0 Å². The summed E-state index contributed by atoms with van der Waals surface area (Å²) >= 11 is 0. The van der Waals surface area contributed by atoms with Crippen LogP contribution in [-0.4, -0.2) is 22.3 Å². The Kier molecular flexibility index (Phi) is 4.09. The van der Waals surface area contributed by atoms with Gasteiger partial charge in [0.2, 0.25) is 5.54 Å². The number of allylic oxidation sites excluding steroid dienone is 2. The summed E-state index contributed by atoms with van der Waals surface area (Å²) < 4.78 is 0. The van der Waals surface area contributed by atoms with Crippen LogP contribution in [0.1, 0.15) is 0 Å². The van der Waals surface area contributed by atoms with E-state index in [0.29, 0.717) is 5.71 Å². The topological polar surface area (TPSA) is 108 Å². The largest absolute Gasteiger partial charge is 1.00 e. The molecule has 1 aliphatic heterocycles. The first-order valence-corrected chi connectivity index (χ1v) is 3.35. The van der Waals surface area contributed by atoms with Gasteiger partial charge in [-0.1, -0.05) is 12.2 Å². The minimum atomic E-state index is -1.35. The van der Waals surface area contributed by atoms with Gasteiger partial charge >= 0.3 is 28.3 Å². The first-order chi connectivity index (χ1) is 5.76. The third-order valence-electron chi connectivity index (χ3n) is 1.77. The molecular weight excluding hydrogens is 280 g/mol. The number of nitrogens with two attached hydrogens (primary N) is 1. The number of fused-ring (bicyclic) bond motifs is 1. The second-order valence-corrected chi connectivity index (χ2v) is 2.46. The Labute approximate surface area is 95.6 Å². The molecule has 0 saturated carbocycles. The number of nitrogens with zero attached hydrogens (tertiary/aromatic N) is 3. The van der Waals surface area contributed by atoms with Gasteiger partial charge in [0.15, 0.2) is 0 Å². The Morgan fingerprint density at radius 1 is 1.43 bits per heavy atom. The van der Waals surface area contributed by atoms with E-state index in [9.17, 15) is 4.79 Å². The number of carboxylic acid groups (broad SMARTS) is 1. The van der Waals surface area contributed by atoms with E-state index in [2.05, 4.69) is 15.4 Å². The number of hydrogen-bond donors (Lipinski definition) is 1. The molecule has 0 bridgehead atoms. The molecule has 0 aromatic carbocycles. The van der Waals surface area contributed by atoms with Crippen molar-refractivity contribution in [2.75, 3.05) is 0 Å². The molecule has 2 rings (SSSR count). The van der Waals surface area contributed by atoms with Gasteiger partial charge in [-0.25, -0.2) is 4.79 Å². The summed E-state index contributed by atoms with van der Waals surface area (Å²) in [6, 6.07) is 0. The molecule has 1 heterocycles. The molecule has 0 radical (unpaired) electrons. The molecule has 14 heavy (non-hydrogen) atoms. The number of aliphatic carboxylic acids is 1. The maximum atomic E-state index is 10.8. The SMILES string of the molecule is O=C(O)C12C=CC=CC1=NN=N2.[Ag+].[NH2-]. The minimum Gasteiger partial charge on any atom is -0.693 e. The van der Waals surface area contributed by atoms with Gasteiger partial charge < -0.3 is 11.3 Å². The van der Waals surface area contributed by atoms with E-state index in [4.69, 9.17) is 5.11 Å².